The molecule has 0 atom stereocenters. The molecule has 0 spiro atoms. The van der Waals surface area contributed by atoms with E-state index in [0.29, 0.717) is 6.42 Å². The van der Waals surface area contributed by atoms with Gasteiger partial charge in [0, 0.05) is 11.2 Å². The SMILES string of the molecule is CCCCc1ccc(NC(=O)[C@]23CC[C@](NS(=O)(=O)C(C)(C)C)(CC2)C3)cc1. The minimum Gasteiger partial charge on any atom is -0.326 e. The molecule has 0 unspecified atom stereocenters. The van der Waals surface area contributed by atoms with Gasteiger partial charge >= 0.3 is 0 Å². The molecule has 156 valence electrons. The molecular weight excluding hydrogens is 372 g/mol. The number of unbranched alkanes of at least 4 members (excludes halogenated alkanes) is 1. The number of aryl methyl sites for hydroxylation is 1. The maximum atomic E-state index is 13.1. The number of anilines is 1. The van der Waals surface area contributed by atoms with E-state index in [1.807, 2.05) is 12.1 Å². The zero-order valence-electron chi connectivity index (χ0n) is 17.6. The summed E-state index contributed by atoms with van der Waals surface area (Å²) in [6.45, 7) is 7.30. The van der Waals surface area contributed by atoms with Crippen LogP contribution in [-0.4, -0.2) is 24.6 Å². The zero-order chi connectivity index (χ0) is 20.6. The standard InChI is InChI=1S/C22H34N2O3S/c1-5-6-7-17-8-10-18(11-9-17)23-19(25)21-12-14-22(16-21,15-13-21)24-28(26,27)20(2,3)4/h8-11,24H,5-7,12-16H2,1-4H3,(H,23,25)/t21-,22+. The summed E-state index contributed by atoms with van der Waals surface area (Å²) in [5.74, 6) is 0.0307. The number of amides is 1. The molecule has 0 radical (unpaired) electrons. The van der Waals surface area contributed by atoms with Crippen LogP contribution in [0, 0.1) is 5.41 Å². The third-order valence-corrected chi connectivity index (χ3v) is 8.82. The van der Waals surface area contributed by atoms with Crippen LogP contribution in [0.5, 0.6) is 0 Å². The highest BCUT2D eigenvalue weighted by molar-refractivity contribution is 7.90. The number of hydrogen-bond donors (Lipinski definition) is 2. The highest BCUT2D eigenvalue weighted by Gasteiger charge is 2.59. The van der Waals surface area contributed by atoms with Crippen molar-refractivity contribution in [3.63, 3.8) is 0 Å². The third kappa shape index (κ3) is 4.13. The Labute approximate surface area is 169 Å². The van der Waals surface area contributed by atoms with Crippen LogP contribution in [0.1, 0.15) is 78.2 Å². The fourth-order valence-corrected chi connectivity index (χ4v) is 5.64. The Morgan fingerprint density at radius 1 is 1.07 bits per heavy atom. The van der Waals surface area contributed by atoms with Crippen molar-refractivity contribution in [1.82, 2.24) is 4.72 Å². The van der Waals surface area contributed by atoms with Gasteiger partial charge in [-0.05, 0) is 83.4 Å². The van der Waals surface area contributed by atoms with Gasteiger partial charge in [0.2, 0.25) is 15.9 Å². The van der Waals surface area contributed by atoms with E-state index in [9.17, 15) is 13.2 Å². The van der Waals surface area contributed by atoms with Crippen LogP contribution in [0.15, 0.2) is 24.3 Å². The molecule has 1 amide bonds. The van der Waals surface area contributed by atoms with Crippen molar-refractivity contribution in [1.29, 1.82) is 0 Å². The number of carbonyl (C=O) groups excluding carboxylic acids is 1. The molecule has 2 aliphatic carbocycles. The van der Waals surface area contributed by atoms with Gasteiger partial charge in [-0.1, -0.05) is 25.5 Å². The molecular formula is C22H34N2O3S. The number of carbonyl (C=O) groups is 1. The molecule has 5 nitrogen and oxygen atoms in total. The molecule has 3 rings (SSSR count). The predicted octanol–water partition coefficient (Wildman–Crippen LogP) is 4.39. The van der Waals surface area contributed by atoms with E-state index in [-0.39, 0.29) is 5.91 Å². The van der Waals surface area contributed by atoms with E-state index in [1.54, 1.807) is 20.8 Å². The zero-order valence-corrected chi connectivity index (χ0v) is 18.4. The Morgan fingerprint density at radius 2 is 1.68 bits per heavy atom. The van der Waals surface area contributed by atoms with Crippen LogP contribution in [-0.2, 0) is 21.2 Å². The molecule has 2 fully saturated rings. The first-order valence-electron chi connectivity index (χ1n) is 10.4. The van der Waals surface area contributed by atoms with Gasteiger partial charge < -0.3 is 5.32 Å². The lowest BCUT2D eigenvalue weighted by Gasteiger charge is -2.31. The summed E-state index contributed by atoms with van der Waals surface area (Å²) in [6.07, 6.45) is 6.92. The number of hydrogen-bond acceptors (Lipinski definition) is 3. The second kappa shape index (κ2) is 7.45. The van der Waals surface area contributed by atoms with Crippen LogP contribution in [0.2, 0.25) is 0 Å². The van der Waals surface area contributed by atoms with Crippen LogP contribution < -0.4 is 10.0 Å². The smallest absolute Gasteiger partial charge is 0.230 e. The van der Waals surface area contributed by atoms with Crippen molar-refractivity contribution in [3.8, 4) is 0 Å². The average Bonchev–Trinajstić information content (AvgIpc) is 3.16. The monoisotopic (exact) mass is 406 g/mol. The third-order valence-electron chi connectivity index (χ3n) is 6.51. The molecule has 0 heterocycles. The first-order valence-corrected chi connectivity index (χ1v) is 11.9. The number of sulfonamides is 1. The summed E-state index contributed by atoms with van der Waals surface area (Å²) >= 11 is 0. The van der Waals surface area contributed by atoms with Gasteiger partial charge in [-0.2, -0.15) is 0 Å². The fourth-order valence-electron chi connectivity index (χ4n) is 4.49. The molecule has 2 aliphatic rings. The lowest BCUT2D eigenvalue weighted by atomic mass is 9.83. The maximum Gasteiger partial charge on any atom is 0.230 e. The Bertz CT molecular complexity index is 814. The number of benzene rings is 1. The van der Waals surface area contributed by atoms with Gasteiger partial charge in [-0.3, -0.25) is 4.79 Å². The fraction of sp³-hybridized carbons (Fsp3) is 0.682. The summed E-state index contributed by atoms with van der Waals surface area (Å²) in [4.78, 5) is 13.1. The topological polar surface area (TPSA) is 75.3 Å². The van der Waals surface area contributed by atoms with Crippen molar-refractivity contribution in [2.45, 2.75) is 89.3 Å². The lowest BCUT2D eigenvalue weighted by Crippen LogP contribution is -2.51. The van der Waals surface area contributed by atoms with Gasteiger partial charge in [0.15, 0.2) is 0 Å². The van der Waals surface area contributed by atoms with Crippen LogP contribution in [0.4, 0.5) is 5.69 Å². The largest absolute Gasteiger partial charge is 0.326 e. The quantitative estimate of drug-likeness (QED) is 0.705. The average molecular weight is 407 g/mol. The van der Waals surface area contributed by atoms with Crippen molar-refractivity contribution in [2.75, 3.05) is 5.32 Å². The van der Waals surface area contributed by atoms with Gasteiger partial charge in [-0.15, -0.1) is 0 Å². The highest BCUT2D eigenvalue weighted by Crippen LogP contribution is 2.57. The molecule has 0 aliphatic heterocycles. The Kier molecular flexibility index (Phi) is 5.67. The second-order valence-electron chi connectivity index (χ2n) is 9.71. The number of fused-ring (bicyclic) bond motifs is 2. The second-order valence-corrected chi connectivity index (χ2v) is 12.1. The minimum absolute atomic E-state index is 0.0307. The summed E-state index contributed by atoms with van der Waals surface area (Å²) in [7, 11) is -3.43. The van der Waals surface area contributed by atoms with Gasteiger partial charge in [0.1, 0.15) is 0 Å². The molecule has 28 heavy (non-hydrogen) atoms. The van der Waals surface area contributed by atoms with E-state index in [4.69, 9.17) is 0 Å². The molecule has 1 aromatic rings. The van der Waals surface area contributed by atoms with Crippen LogP contribution in [0.3, 0.4) is 0 Å². The summed E-state index contributed by atoms with van der Waals surface area (Å²) < 4.78 is 27.4. The number of rotatable bonds is 7. The highest BCUT2D eigenvalue weighted by atomic mass is 32.2. The predicted molar refractivity (Wildman–Crippen MR) is 114 cm³/mol. The van der Waals surface area contributed by atoms with E-state index < -0.39 is 25.7 Å². The summed E-state index contributed by atoms with van der Waals surface area (Å²) in [5, 5.41) is 3.08. The first-order chi connectivity index (χ1) is 13.0. The molecule has 0 aromatic heterocycles. The normalized spacial score (nSPS) is 27.1. The molecule has 0 saturated heterocycles. The molecule has 2 N–H and O–H groups in total. The number of nitrogens with one attached hydrogen (secondary N) is 2. The van der Waals surface area contributed by atoms with Gasteiger partial charge in [-0.25, -0.2) is 13.1 Å². The molecule has 2 bridgehead atoms. The van der Waals surface area contributed by atoms with Crippen molar-refractivity contribution in [3.05, 3.63) is 29.8 Å². The lowest BCUT2D eigenvalue weighted by molar-refractivity contribution is -0.125. The Hall–Kier alpha value is -1.40. The van der Waals surface area contributed by atoms with E-state index in [0.717, 1.165) is 37.8 Å². The van der Waals surface area contributed by atoms with Crippen LogP contribution in [0.25, 0.3) is 0 Å². The minimum atomic E-state index is -3.43. The van der Waals surface area contributed by atoms with Crippen molar-refractivity contribution in [2.24, 2.45) is 5.41 Å². The van der Waals surface area contributed by atoms with E-state index in [1.165, 1.54) is 18.4 Å². The Morgan fingerprint density at radius 3 is 2.21 bits per heavy atom. The first kappa shape index (κ1) is 21.3. The summed E-state index contributed by atoms with van der Waals surface area (Å²) in [6, 6.07) is 8.10. The Balaban J connectivity index is 1.66. The maximum absolute atomic E-state index is 13.1. The van der Waals surface area contributed by atoms with E-state index >= 15 is 0 Å². The molecule has 2 saturated carbocycles. The van der Waals surface area contributed by atoms with Crippen LogP contribution >= 0.6 is 0 Å². The molecule has 1 aromatic carbocycles. The van der Waals surface area contributed by atoms with E-state index in [2.05, 4.69) is 29.1 Å². The van der Waals surface area contributed by atoms with Gasteiger partial charge in [0.25, 0.3) is 0 Å². The van der Waals surface area contributed by atoms with Crippen molar-refractivity contribution < 1.29 is 13.2 Å². The molecule has 6 heteroatoms. The van der Waals surface area contributed by atoms with Gasteiger partial charge in [0.05, 0.1) is 10.2 Å². The summed E-state index contributed by atoms with van der Waals surface area (Å²) in [5.41, 5.74) is 1.18. The van der Waals surface area contributed by atoms with Crippen molar-refractivity contribution >= 4 is 21.6 Å².